The average molecular weight is 260 g/mol. The molecular weight excluding hydrogens is 244 g/mol. The number of benzene rings is 1. The molecule has 2 aliphatic heterocycles. The maximum absolute atomic E-state index is 12.6. The first-order valence-electron chi connectivity index (χ1n) is 6.43. The molecule has 19 heavy (non-hydrogen) atoms. The molecule has 0 atom stereocenters. The number of carbonyl (C=O) groups is 2. The first-order chi connectivity index (χ1) is 9.12. The lowest BCUT2D eigenvalue weighted by atomic mass is 9.90. The Morgan fingerprint density at radius 1 is 1.26 bits per heavy atom. The third-order valence-electron chi connectivity index (χ3n) is 3.77. The van der Waals surface area contributed by atoms with Crippen LogP contribution in [0, 0.1) is 6.92 Å². The molecule has 1 spiro atoms. The topological polar surface area (TPSA) is 58.6 Å². The molecule has 3 rings (SSSR count). The van der Waals surface area contributed by atoms with E-state index < -0.39 is 5.54 Å². The quantitative estimate of drug-likeness (QED) is 0.780. The van der Waals surface area contributed by atoms with Crippen molar-refractivity contribution < 1.29 is 14.3 Å². The predicted molar refractivity (Wildman–Crippen MR) is 70.0 cm³/mol. The molecule has 3 amide bonds. The third kappa shape index (κ3) is 1.90. The van der Waals surface area contributed by atoms with Crippen molar-refractivity contribution in [3.8, 4) is 0 Å². The molecule has 2 aliphatic rings. The lowest BCUT2D eigenvalue weighted by molar-refractivity contribution is -0.125. The second-order valence-electron chi connectivity index (χ2n) is 5.10. The number of hydrogen-bond acceptors (Lipinski definition) is 3. The Labute approximate surface area is 111 Å². The number of carbonyl (C=O) groups excluding carboxylic acids is 2. The molecule has 0 bridgehead atoms. The second kappa shape index (κ2) is 4.35. The van der Waals surface area contributed by atoms with Gasteiger partial charge in [0.15, 0.2) is 0 Å². The van der Waals surface area contributed by atoms with Gasteiger partial charge in [-0.1, -0.05) is 12.1 Å². The highest BCUT2D eigenvalue weighted by Crippen LogP contribution is 2.31. The number of nitrogens with one attached hydrogen (secondary N) is 1. The number of amides is 3. The van der Waals surface area contributed by atoms with E-state index in [4.69, 9.17) is 4.74 Å². The number of nitrogens with zero attached hydrogens (tertiary/aromatic N) is 1. The molecule has 2 fully saturated rings. The van der Waals surface area contributed by atoms with E-state index in [1.54, 1.807) is 6.07 Å². The summed E-state index contributed by atoms with van der Waals surface area (Å²) in [5.74, 6) is -0.161. The first-order valence-corrected chi connectivity index (χ1v) is 6.43. The van der Waals surface area contributed by atoms with Crippen LogP contribution in [0.25, 0.3) is 0 Å². The summed E-state index contributed by atoms with van der Waals surface area (Å²) in [5, 5.41) is 2.84. The number of ether oxygens (including phenoxy) is 1. The third-order valence-corrected chi connectivity index (χ3v) is 3.77. The van der Waals surface area contributed by atoms with Gasteiger partial charge < -0.3 is 10.1 Å². The zero-order valence-electron chi connectivity index (χ0n) is 10.8. The Kier molecular flexibility index (Phi) is 2.78. The Morgan fingerprint density at radius 3 is 2.68 bits per heavy atom. The number of hydrogen-bond donors (Lipinski definition) is 1. The highest BCUT2D eigenvalue weighted by Gasteiger charge is 2.52. The van der Waals surface area contributed by atoms with E-state index in [-0.39, 0.29) is 11.9 Å². The normalized spacial score (nSPS) is 21.8. The summed E-state index contributed by atoms with van der Waals surface area (Å²) in [5.41, 5.74) is 0.885. The van der Waals surface area contributed by atoms with Gasteiger partial charge in [0, 0.05) is 26.1 Å². The SMILES string of the molecule is Cc1cccc(N2C(=O)NC3(CCOCC3)C2=O)c1. The molecule has 1 aromatic carbocycles. The van der Waals surface area contributed by atoms with Crippen LogP contribution in [0.4, 0.5) is 10.5 Å². The zero-order valence-corrected chi connectivity index (χ0v) is 10.8. The Bertz CT molecular complexity index is 535. The Hall–Kier alpha value is -1.88. The van der Waals surface area contributed by atoms with Crippen molar-refractivity contribution >= 4 is 17.6 Å². The fourth-order valence-corrected chi connectivity index (χ4v) is 2.68. The van der Waals surface area contributed by atoms with Crippen molar-refractivity contribution in [3.63, 3.8) is 0 Å². The number of aryl methyl sites for hydroxylation is 1. The number of anilines is 1. The molecule has 2 heterocycles. The van der Waals surface area contributed by atoms with E-state index in [0.29, 0.717) is 31.7 Å². The summed E-state index contributed by atoms with van der Waals surface area (Å²) in [4.78, 5) is 26.0. The van der Waals surface area contributed by atoms with Crippen LogP contribution >= 0.6 is 0 Å². The van der Waals surface area contributed by atoms with Gasteiger partial charge in [-0.15, -0.1) is 0 Å². The summed E-state index contributed by atoms with van der Waals surface area (Å²) in [6.45, 7) is 2.95. The van der Waals surface area contributed by atoms with Gasteiger partial charge >= 0.3 is 6.03 Å². The van der Waals surface area contributed by atoms with Crippen molar-refractivity contribution in [2.24, 2.45) is 0 Å². The fourth-order valence-electron chi connectivity index (χ4n) is 2.68. The van der Waals surface area contributed by atoms with Gasteiger partial charge in [-0.3, -0.25) is 4.79 Å². The summed E-state index contributed by atoms with van der Waals surface area (Å²) >= 11 is 0. The van der Waals surface area contributed by atoms with Crippen molar-refractivity contribution in [1.82, 2.24) is 5.32 Å². The van der Waals surface area contributed by atoms with E-state index in [2.05, 4.69) is 5.32 Å². The fraction of sp³-hybridized carbons (Fsp3) is 0.429. The van der Waals surface area contributed by atoms with Crippen LogP contribution in [-0.4, -0.2) is 30.7 Å². The standard InChI is InChI=1S/C14H16N2O3/c1-10-3-2-4-11(9-10)16-12(17)14(15-13(16)18)5-7-19-8-6-14/h2-4,9H,5-8H2,1H3,(H,15,18). The van der Waals surface area contributed by atoms with E-state index in [0.717, 1.165) is 5.56 Å². The maximum atomic E-state index is 12.6. The maximum Gasteiger partial charge on any atom is 0.329 e. The minimum absolute atomic E-state index is 0.161. The monoisotopic (exact) mass is 260 g/mol. The van der Waals surface area contributed by atoms with Crippen molar-refractivity contribution in [2.45, 2.75) is 25.3 Å². The van der Waals surface area contributed by atoms with Crippen LogP contribution < -0.4 is 10.2 Å². The van der Waals surface area contributed by atoms with E-state index in [1.165, 1.54) is 4.90 Å². The number of urea groups is 1. The lowest BCUT2D eigenvalue weighted by Crippen LogP contribution is -2.51. The molecule has 1 N–H and O–H groups in total. The van der Waals surface area contributed by atoms with Gasteiger partial charge in [0.1, 0.15) is 5.54 Å². The highest BCUT2D eigenvalue weighted by atomic mass is 16.5. The molecule has 0 radical (unpaired) electrons. The van der Waals surface area contributed by atoms with Crippen molar-refractivity contribution in [2.75, 3.05) is 18.1 Å². The summed E-state index contributed by atoms with van der Waals surface area (Å²) in [6, 6.07) is 7.07. The summed E-state index contributed by atoms with van der Waals surface area (Å²) in [6.07, 6.45) is 1.08. The van der Waals surface area contributed by atoms with E-state index in [9.17, 15) is 9.59 Å². The van der Waals surface area contributed by atoms with Crippen LogP contribution in [0.2, 0.25) is 0 Å². The minimum atomic E-state index is -0.765. The van der Waals surface area contributed by atoms with Crippen LogP contribution in [0.5, 0.6) is 0 Å². The zero-order chi connectivity index (χ0) is 13.5. The van der Waals surface area contributed by atoms with Crippen LogP contribution in [0.15, 0.2) is 24.3 Å². The van der Waals surface area contributed by atoms with Crippen molar-refractivity contribution in [1.29, 1.82) is 0 Å². The van der Waals surface area contributed by atoms with Crippen LogP contribution in [0.3, 0.4) is 0 Å². The minimum Gasteiger partial charge on any atom is -0.381 e. The first kappa shape index (κ1) is 12.2. The van der Waals surface area contributed by atoms with E-state index in [1.807, 2.05) is 25.1 Å². The molecule has 100 valence electrons. The van der Waals surface area contributed by atoms with Gasteiger partial charge in [-0.2, -0.15) is 0 Å². The molecule has 5 heteroatoms. The lowest BCUT2D eigenvalue weighted by Gasteiger charge is -2.30. The summed E-state index contributed by atoms with van der Waals surface area (Å²) < 4.78 is 5.28. The molecule has 5 nitrogen and oxygen atoms in total. The number of rotatable bonds is 1. The Balaban J connectivity index is 1.95. The molecule has 0 saturated carbocycles. The smallest absolute Gasteiger partial charge is 0.329 e. The summed E-state index contributed by atoms with van der Waals surface area (Å²) in [7, 11) is 0. The highest BCUT2D eigenvalue weighted by molar-refractivity contribution is 6.23. The largest absolute Gasteiger partial charge is 0.381 e. The predicted octanol–water partition coefficient (Wildman–Crippen LogP) is 1.60. The Morgan fingerprint density at radius 2 is 2.00 bits per heavy atom. The average Bonchev–Trinajstić information content (AvgIpc) is 2.62. The molecule has 0 unspecified atom stereocenters. The van der Waals surface area contributed by atoms with Gasteiger partial charge in [0.2, 0.25) is 0 Å². The molecular formula is C14H16N2O3. The molecule has 0 aromatic heterocycles. The van der Waals surface area contributed by atoms with Gasteiger partial charge in [-0.05, 0) is 24.6 Å². The van der Waals surface area contributed by atoms with Crippen molar-refractivity contribution in [3.05, 3.63) is 29.8 Å². The van der Waals surface area contributed by atoms with Gasteiger partial charge in [0.25, 0.3) is 5.91 Å². The second-order valence-corrected chi connectivity index (χ2v) is 5.10. The molecule has 1 aromatic rings. The van der Waals surface area contributed by atoms with E-state index >= 15 is 0 Å². The van der Waals surface area contributed by atoms with Gasteiger partial charge in [0.05, 0.1) is 5.69 Å². The number of imide groups is 1. The van der Waals surface area contributed by atoms with Crippen LogP contribution in [-0.2, 0) is 9.53 Å². The molecule has 0 aliphatic carbocycles. The van der Waals surface area contributed by atoms with Gasteiger partial charge in [-0.25, -0.2) is 9.69 Å². The van der Waals surface area contributed by atoms with Crippen LogP contribution in [0.1, 0.15) is 18.4 Å². The molecule has 2 saturated heterocycles.